The van der Waals surface area contributed by atoms with Crippen LogP contribution in [0.3, 0.4) is 0 Å². The molecule has 2 heterocycles. The Hall–Kier alpha value is -1.70. The zero-order chi connectivity index (χ0) is 20.2. The number of nitrogens with zero attached hydrogens (tertiary/aromatic N) is 2. The number of hydrogen-bond acceptors (Lipinski definition) is 6. The Kier molecular flexibility index (Phi) is 6.67. The van der Waals surface area contributed by atoms with Crippen molar-refractivity contribution in [3.63, 3.8) is 0 Å². The standard InChI is InChI=1S/C21H28ClN5OS/c1-13-2-5-16-19(13)20(27-12-26-16)24-8-9-25-21(28)15(11-23-10-14-3-4-14)17-6-7-18(22)29-17/h6-7,12-15,23H,2-5,8-11H2,1H3,(H,25,28)(H,24,26,27)/t13-,15-/m1/s1. The van der Waals surface area contributed by atoms with Gasteiger partial charge in [0.05, 0.1) is 10.3 Å². The Bertz CT molecular complexity index is 853. The van der Waals surface area contributed by atoms with Crippen LogP contribution in [0.2, 0.25) is 4.34 Å². The van der Waals surface area contributed by atoms with Crippen molar-refractivity contribution in [2.45, 2.75) is 44.4 Å². The lowest BCUT2D eigenvalue weighted by Gasteiger charge is -2.17. The third-order valence-electron chi connectivity index (χ3n) is 5.72. The number of hydrogen-bond donors (Lipinski definition) is 3. The van der Waals surface area contributed by atoms with Gasteiger partial charge in [-0.2, -0.15) is 0 Å². The van der Waals surface area contributed by atoms with Gasteiger partial charge in [-0.1, -0.05) is 18.5 Å². The van der Waals surface area contributed by atoms with Crippen molar-refractivity contribution in [3.8, 4) is 0 Å². The number of halogens is 1. The van der Waals surface area contributed by atoms with E-state index < -0.39 is 0 Å². The summed E-state index contributed by atoms with van der Waals surface area (Å²) in [5.74, 6) is 1.99. The van der Waals surface area contributed by atoms with E-state index in [0.29, 0.717) is 29.9 Å². The average Bonchev–Trinajstić information content (AvgIpc) is 3.32. The van der Waals surface area contributed by atoms with Gasteiger partial charge in [-0.15, -0.1) is 11.3 Å². The van der Waals surface area contributed by atoms with Crippen LogP contribution in [0.15, 0.2) is 18.5 Å². The van der Waals surface area contributed by atoms with Crippen LogP contribution in [0.5, 0.6) is 0 Å². The van der Waals surface area contributed by atoms with Crippen molar-refractivity contribution in [2.75, 3.05) is 31.5 Å². The van der Waals surface area contributed by atoms with Gasteiger partial charge in [0, 0.05) is 35.8 Å². The molecule has 156 valence electrons. The molecule has 1 saturated carbocycles. The third kappa shape index (κ3) is 5.27. The Morgan fingerprint density at radius 3 is 2.90 bits per heavy atom. The summed E-state index contributed by atoms with van der Waals surface area (Å²) in [6.45, 7) is 5.03. The number of aryl methyl sites for hydroxylation is 1. The van der Waals surface area contributed by atoms with Gasteiger partial charge in [0.15, 0.2) is 0 Å². The van der Waals surface area contributed by atoms with Crippen LogP contribution in [-0.2, 0) is 11.2 Å². The van der Waals surface area contributed by atoms with Crippen LogP contribution in [0.25, 0.3) is 0 Å². The van der Waals surface area contributed by atoms with Gasteiger partial charge in [-0.05, 0) is 56.2 Å². The van der Waals surface area contributed by atoms with Crippen molar-refractivity contribution in [2.24, 2.45) is 5.92 Å². The van der Waals surface area contributed by atoms with E-state index in [4.69, 9.17) is 11.6 Å². The maximum Gasteiger partial charge on any atom is 0.229 e. The number of nitrogens with one attached hydrogen (secondary N) is 3. The average molecular weight is 434 g/mol. The number of carbonyl (C=O) groups excluding carboxylic acids is 1. The normalized spacial score (nSPS) is 19.0. The van der Waals surface area contributed by atoms with Crippen LogP contribution < -0.4 is 16.0 Å². The van der Waals surface area contributed by atoms with Crippen molar-refractivity contribution >= 4 is 34.7 Å². The van der Waals surface area contributed by atoms with Crippen LogP contribution in [-0.4, -0.2) is 42.1 Å². The Morgan fingerprint density at radius 2 is 2.14 bits per heavy atom. The van der Waals surface area contributed by atoms with Crippen molar-refractivity contribution in [1.29, 1.82) is 0 Å². The molecule has 4 rings (SSSR count). The lowest BCUT2D eigenvalue weighted by Crippen LogP contribution is -2.37. The first-order chi connectivity index (χ1) is 14.1. The Labute approximate surface area is 180 Å². The summed E-state index contributed by atoms with van der Waals surface area (Å²) in [6, 6.07) is 3.82. The predicted octanol–water partition coefficient (Wildman–Crippen LogP) is 3.55. The minimum absolute atomic E-state index is 0.0369. The maximum atomic E-state index is 12.9. The second-order valence-corrected chi connectivity index (χ2v) is 9.78. The largest absolute Gasteiger partial charge is 0.368 e. The van der Waals surface area contributed by atoms with E-state index in [1.165, 1.54) is 29.7 Å². The highest BCUT2D eigenvalue weighted by atomic mass is 35.5. The van der Waals surface area contributed by atoms with Crippen LogP contribution in [0.4, 0.5) is 5.82 Å². The molecule has 2 aromatic heterocycles. The molecule has 0 aliphatic heterocycles. The van der Waals surface area contributed by atoms with E-state index in [1.807, 2.05) is 12.1 Å². The first kappa shape index (κ1) is 20.6. The Balaban J connectivity index is 1.29. The summed E-state index contributed by atoms with van der Waals surface area (Å²) >= 11 is 7.58. The van der Waals surface area contributed by atoms with Crippen LogP contribution in [0, 0.1) is 5.92 Å². The smallest absolute Gasteiger partial charge is 0.229 e. The summed E-state index contributed by atoms with van der Waals surface area (Å²) in [5, 5.41) is 9.91. The van der Waals surface area contributed by atoms with Gasteiger partial charge in [0.25, 0.3) is 0 Å². The number of fused-ring (bicyclic) bond motifs is 1. The molecule has 0 radical (unpaired) electrons. The quantitative estimate of drug-likeness (QED) is 0.499. The van der Waals surface area contributed by atoms with Crippen molar-refractivity contribution in [1.82, 2.24) is 20.6 Å². The van der Waals surface area contributed by atoms with E-state index in [0.717, 1.165) is 41.7 Å². The highest BCUT2D eigenvalue weighted by molar-refractivity contribution is 7.16. The highest BCUT2D eigenvalue weighted by Crippen LogP contribution is 2.35. The molecule has 1 fully saturated rings. The SMILES string of the molecule is C[C@@H]1CCc2ncnc(NCCNC(=O)[C@H](CNCC3CC3)c3ccc(Cl)s3)c21. The summed E-state index contributed by atoms with van der Waals surface area (Å²) in [4.78, 5) is 22.7. The fourth-order valence-corrected chi connectivity index (χ4v) is 5.03. The summed E-state index contributed by atoms with van der Waals surface area (Å²) in [7, 11) is 0. The van der Waals surface area contributed by atoms with E-state index in [9.17, 15) is 4.79 Å². The summed E-state index contributed by atoms with van der Waals surface area (Å²) < 4.78 is 0.716. The molecule has 3 N–H and O–H groups in total. The van der Waals surface area contributed by atoms with E-state index in [2.05, 4.69) is 32.8 Å². The van der Waals surface area contributed by atoms with Gasteiger partial charge in [0.1, 0.15) is 12.1 Å². The minimum Gasteiger partial charge on any atom is -0.368 e. The van der Waals surface area contributed by atoms with Gasteiger partial charge in [-0.3, -0.25) is 4.79 Å². The molecule has 2 aromatic rings. The second kappa shape index (κ2) is 9.41. The van der Waals surface area contributed by atoms with E-state index in [-0.39, 0.29) is 11.8 Å². The maximum absolute atomic E-state index is 12.9. The molecule has 6 nitrogen and oxygen atoms in total. The molecule has 0 spiro atoms. The molecule has 29 heavy (non-hydrogen) atoms. The van der Waals surface area contributed by atoms with Gasteiger partial charge >= 0.3 is 0 Å². The third-order valence-corrected chi connectivity index (χ3v) is 7.07. The minimum atomic E-state index is -0.213. The molecule has 0 unspecified atom stereocenters. The number of amides is 1. The van der Waals surface area contributed by atoms with E-state index >= 15 is 0 Å². The fraction of sp³-hybridized carbons (Fsp3) is 0.571. The van der Waals surface area contributed by atoms with Gasteiger partial charge in [-0.25, -0.2) is 9.97 Å². The highest BCUT2D eigenvalue weighted by Gasteiger charge is 2.26. The number of aromatic nitrogens is 2. The molecule has 0 saturated heterocycles. The molecule has 0 bridgehead atoms. The molecule has 2 aliphatic carbocycles. The molecular weight excluding hydrogens is 406 g/mol. The van der Waals surface area contributed by atoms with Crippen LogP contribution >= 0.6 is 22.9 Å². The lowest BCUT2D eigenvalue weighted by atomic mass is 10.1. The van der Waals surface area contributed by atoms with E-state index in [1.54, 1.807) is 6.33 Å². The topological polar surface area (TPSA) is 78.9 Å². The second-order valence-electron chi connectivity index (χ2n) is 8.04. The molecule has 8 heteroatoms. The van der Waals surface area contributed by atoms with Gasteiger partial charge < -0.3 is 16.0 Å². The molecular formula is C21H28ClN5OS. The first-order valence-corrected chi connectivity index (χ1v) is 11.6. The fourth-order valence-electron chi connectivity index (χ4n) is 3.87. The monoisotopic (exact) mass is 433 g/mol. The van der Waals surface area contributed by atoms with Crippen LogP contribution in [0.1, 0.15) is 54.2 Å². The molecule has 2 aliphatic rings. The zero-order valence-electron chi connectivity index (χ0n) is 16.7. The van der Waals surface area contributed by atoms with Crippen molar-refractivity contribution in [3.05, 3.63) is 38.9 Å². The first-order valence-electron chi connectivity index (χ1n) is 10.4. The number of anilines is 1. The molecule has 2 atom stereocenters. The number of rotatable bonds is 10. The molecule has 1 amide bonds. The predicted molar refractivity (Wildman–Crippen MR) is 118 cm³/mol. The molecule has 0 aromatic carbocycles. The number of thiophene rings is 1. The summed E-state index contributed by atoms with van der Waals surface area (Å²) in [6.07, 6.45) is 6.36. The zero-order valence-corrected chi connectivity index (χ0v) is 18.3. The summed E-state index contributed by atoms with van der Waals surface area (Å²) in [5.41, 5.74) is 2.38. The Morgan fingerprint density at radius 1 is 1.28 bits per heavy atom. The lowest BCUT2D eigenvalue weighted by molar-refractivity contribution is -0.122. The van der Waals surface area contributed by atoms with Gasteiger partial charge in [0.2, 0.25) is 5.91 Å². The van der Waals surface area contributed by atoms with Crippen molar-refractivity contribution < 1.29 is 4.79 Å². The number of carbonyl (C=O) groups is 1.